The standard InChI is InChI=1S/C17H20ClFN2/c1-3-9-20-16(11-15-12(2)6-5-10-21-15)13-7-4-8-14(18)17(13)19/h4-8,10,16,20H,3,9,11H2,1-2H3. The summed E-state index contributed by atoms with van der Waals surface area (Å²) in [6.07, 6.45) is 3.40. The first-order valence-electron chi connectivity index (χ1n) is 7.21. The van der Waals surface area contributed by atoms with Crippen molar-refractivity contribution in [1.29, 1.82) is 0 Å². The van der Waals surface area contributed by atoms with Gasteiger partial charge in [0.15, 0.2) is 0 Å². The summed E-state index contributed by atoms with van der Waals surface area (Å²) in [7, 11) is 0. The lowest BCUT2D eigenvalue weighted by atomic mass is 9.99. The molecule has 0 bridgehead atoms. The van der Waals surface area contributed by atoms with E-state index in [-0.39, 0.29) is 16.9 Å². The highest BCUT2D eigenvalue weighted by Gasteiger charge is 2.18. The van der Waals surface area contributed by atoms with E-state index in [0.29, 0.717) is 12.0 Å². The van der Waals surface area contributed by atoms with Gasteiger partial charge >= 0.3 is 0 Å². The van der Waals surface area contributed by atoms with Crippen molar-refractivity contribution in [3.63, 3.8) is 0 Å². The molecule has 1 aromatic carbocycles. The average molecular weight is 307 g/mol. The average Bonchev–Trinajstić information content (AvgIpc) is 2.48. The minimum atomic E-state index is -0.346. The first-order chi connectivity index (χ1) is 10.1. The molecule has 4 heteroatoms. The molecule has 0 aliphatic carbocycles. The monoisotopic (exact) mass is 306 g/mol. The number of pyridine rings is 1. The largest absolute Gasteiger partial charge is 0.310 e. The fourth-order valence-electron chi connectivity index (χ4n) is 2.33. The van der Waals surface area contributed by atoms with E-state index >= 15 is 0 Å². The van der Waals surface area contributed by atoms with Gasteiger partial charge in [-0.2, -0.15) is 0 Å². The van der Waals surface area contributed by atoms with Crippen LogP contribution in [0.2, 0.25) is 5.02 Å². The van der Waals surface area contributed by atoms with E-state index in [4.69, 9.17) is 11.6 Å². The molecular weight excluding hydrogens is 287 g/mol. The van der Waals surface area contributed by atoms with Crippen molar-refractivity contribution >= 4 is 11.6 Å². The van der Waals surface area contributed by atoms with Gasteiger partial charge in [-0.1, -0.05) is 36.7 Å². The second kappa shape index (κ2) is 7.53. The maximum Gasteiger partial charge on any atom is 0.146 e. The van der Waals surface area contributed by atoms with Gasteiger partial charge in [-0.25, -0.2) is 4.39 Å². The van der Waals surface area contributed by atoms with Crippen LogP contribution in [-0.2, 0) is 6.42 Å². The molecule has 112 valence electrons. The third kappa shape index (κ3) is 4.02. The number of aryl methyl sites for hydroxylation is 1. The summed E-state index contributed by atoms with van der Waals surface area (Å²) in [5.41, 5.74) is 2.69. The fourth-order valence-corrected chi connectivity index (χ4v) is 2.51. The van der Waals surface area contributed by atoms with Crippen molar-refractivity contribution in [2.75, 3.05) is 6.54 Å². The molecule has 0 amide bonds. The normalized spacial score (nSPS) is 12.4. The maximum atomic E-state index is 14.3. The number of hydrogen-bond donors (Lipinski definition) is 1. The van der Waals surface area contributed by atoms with Gasteiger partial charge in [0.1, 0.15) is 5.82 Å². The molecule has 1 heterocycles. The van der Waals surface area contributed by atoms with Crippen molar-refractivity contribution in [3.8, 4) is 0 Å². The SMILES string of the molecule is CCCNC(Cc1ncccc1C)c1cccc(Cl)c1F. The van der Waals surface area contributed by atoms with Crippen LogP contribution in [0.4, 0.5) is 4.39 Å². The summed E-state index contributed by atoms with van der Waals surface area (Å²) < 4.78 is 14.3. The van der Waals surface area contributed by atoms with Crippen molar-refractivity contribution in [3.05, 3.63) is 64.2 Å². The molecular formula is C17H20ClFN2. The first-order valence-corrected chi connectivity index (χ1v) is 7.59. The van der Waals surface area contributed by atoms with Crippen molar-refractivity contribution in [2.45, 2.75) is 32.7 Å². The van der Waals surface area contributed by atoms with E-state index in [2.05, 4.69) is 17.2 Å². The fraction of sp³-hybridized carbons (Fsp3) is 0.353. The van der Waals surface area contributed by atoms with E-state index < -0.39 is 0 Å². The molecule has 1 atom stereocenters. The van der Waals surface area contributed by atoms with Crippen LogP contribution in [-0.4, -0.2) is 11.5 Å². The Balaban J connectivity index is 2.30. The van der Waals surface area contributed by atoms with E-state index in [1.807, 2.05) is 19.1 Å². The third-order valence-electron chi connectivity index (χ3n) is 3.51. The zero-order valence-corrected chi connectivity index (χ0v) is 13.1. The van der Waals surface area contributed by atoms with Crippen molar-refractivity contribution in [2.24, 2.45) is 0 Å². The Labute approximate surface area is 130 Å². The van der Waals surface area contributed by atoms with Crippen LogP contribution in [0.25, 0.3) is 0 Å². The van der Waals surface area contributed by atoms with E-state index in [9.17, 15) is 4.39 Å². The highest BCUT2D eigenvalue weighted by molar-refractivity contribution is 6.30. The molecule has 1 aromatic heterocycles. The van der Waals surface area contributed by atoms with Crippen LogP contribution in [0, 0.1) is 12.7 Å². The Hall–Kier alpha value is -1.45. The van der Waals surface area contributed by atoms with Crippen LogP contribution < -0.4 is 5.32 Å². The Morgan fingerprint density at radius 2 is 2.10 bits per heavy atom. The number of hydrogen-bond acceptors (Lipinski definition) is 2. The number of halogens is 2. The summed E-state index contributed by atoms with van der Waals surface area (Å²) in [6, 6.07) is 8.95. The topological polar surface area (TPSA) is 24.9 Å². The highest BCUT2D eigenvalue weighted by Crippen LogP contribution is 2.26. The third-order valence-corrected chi connectivity index (χ3v) is 3.80. The molecule has 0 fully saturated rings. The van der Waals surface area contributed by atoms with Crippen LogP contribution in [0.1, 0.15) is 36.2 Å². The summed E-state index contributed by atoms with van der Waals surface area (Å²) in [5.74, 6) is -0.346. The number of nitrogens with zero attached hydrogens (tertiary/aromatic N) is 1. The predicted molar refractivity (Wildman–Crippen MR) is 85.1 cm³/mol. The Morgan fingerprint density at radius 1 is 1.29 bits per heavy atom. The number of nitrogens with one attached hydrogen (secondary N) is 1. The molecule has 0 radical (unpaired) electrons. The second-order valence-corrected chi connectivity index (χ2v) is 5.53. The molecule has 0 spiro atoms. The molecule has 0 saturated heterocycles. The molecule has 21 heavy (non-hydrogen) atoms. The Morgan fingerprint density at radius 3 is 2.81 bits per heavy atom. The summed E-state index contributed by atoms with van der Waals surface area (Å²) in [5, 5.41) is 3.55. The molecule has 2 rings (SSSR count). The highest BCUT2D eigenvalue weighted by atomic mass is 35.5. The van der Waals surface area contributed by atoms with E-state index in [0.717, 1.165) is 24.2 Å². The zero-order valence-electron chi connectivity index (χ0n) is 12.4. The van der Waals surface area contributed by atoms with Gasteiger partial charge < -0.3 is 5.32 Å². The lowest BCUT2D eigenvalue weighted by Gasteiger charge is -2.20. The zero-order chi connectivity index (χ0) is 15.2. The summed E-state index contributed by atoms with van der Waals surface area (Å²) >= 11 is 5.91. The Kier molecular flexibility index (Phi) is 5.71. The van der Waals surface area contributed by atoms with Gasteiger partial charge in [0, 0.05) is 29.9 Å². The smallest absolute Gasteiger partial charge is 0.146 e. The second-order valence-electron chi connectivity index (χ2n) is 5.12. The van der Waals surface area contributed by atoms with Gasteiger partial charge in [-0.3, -0.25) is 4.98 Å². The van der Waals surface area contributed by atoms with Gasteiger partial charge in [0.05, 0.1) is 5.02 Å². The van der Waals surface area contributed by atoms with Crippen LogP contribution >= 0.6 is 11.6 Å². The molecule has 0 saturated carbocycles. The molecule has 0 aliphatic rings. The maximum absolute atomic E-state index is 14.3. The number of rotatable bonds is 6. The van der Waals surface area contributed by atoms with Gasteiger partial charge in [-0.05, 0) is 37.6 Å². The van der Waals surface area contributed by atoms with Gasteiger partial charge in [-0.15, -0.1) is 0 Å². The summed E-state index contributed by atoms with van der Waals surface area (Å²) in [4.78, 5) is 4.41. The van der Waals surface area contributed by atoms with Crippen molar-refractivity contribution in [1.82, 2.24) is 10.3 Å². The number of benzene rings is 1. The number of aromatic nitrogens is 1. The Bertz CT molecular complexity index is 601. The van der Waals surface area contributed by atoms with Gasteiger partial charge in [0.2, 0.25) is 0 Å². The molecule has 2 aromatic rings. The van der Waals surface area contributed by atoms with Gasteiger partial charge in [0.25, 0.3) is 0 Å². The van der Waals surface area contributed by atoms with E-state index in [1.54, 1.807) is 24.4 Å². The lowest BCUT2D eigenvalue weighted by molar-refractivity contribution is 0.493. The minimum Gasteiger partial charge on any atom is -0.310 e. The van der Waals surface area contributed by atoms with Crippen LogP contribution in [0.5, 0.6) is 0 Å². The quantitative estimate of drug-likeness (QED) is 0.852. The minimum absolute atomic E-state index is 0.128. The van der Waals surface area contributed by atoms with Crippen LogP contribution in [0.15, 0.2) is 36.5 Å². The molecule has 1 N–H and O–H groups in total. The molecule has 1 unspecified atom stereocenters. The van der Waals surface area contributed by atoms with Crippen LogP contribution in [0.3, 0.4) is 0 Å². The lowest BCUT2D eigenvalue weighted by Crippen LogP contribution is -2.25. The predicted octanol–water partition coefficient (Wildman–Crippen LogP) is 4.47. The van der Waals surface area contributed by atoms with E-state index in [1.165, 1.54) is 0 Å². The summed E-state index contributed by atoms with van der Waals surface area (Å²) in [6.45, 7) is 4.93. The molecule has 2 nitrogen and oxygen atoms in total. The molecule has 0 aliphatic heterocycles. The van der Waals surface area contributed by atoms with Crippen molar-refractivity contribution < 1.29 is 4.39 Å². The first kappa shape index (κ1) is 15.9.